The number of ether oxygens (including phenoxy) is 3. The van der Waals surface area contributed by atoms with Crippen LogP contribution in [0.3, 0.4) is 0 Å². The third-order valence-corrected chi connectivity index (χ3v) is 7.83. The standard InChI is InChI=1S/C24H21IN2O6S2/c1-5-32-23(30)19-12(2)26-24-27(20(19)17-7-6-8-34-17)22(29)18(35-24)11-14-9-15(25)21(33-13(3)28)16(10-14)31-4/h6-11,20H,5H2,1-4H3/b18-11-/t20-/m0/s1. The Morgan fingerprint density at radius 1 is 1.31 bits per heavy atom. The number of aromatic nitrogens is 1. The topological polar surface area (TPSA) is 96.2 Å². The average molecular weight is 624 g/mol. The first-order chi connectivity index (χ1) is 16.7. The van der Waals surface area contributed by atoms with E-state index in [0.29, 0.717) is 41.2 Å². The number of carbonyl (C=O) groups is 2. The monoisotopic (exact) mass is 624 g/mol. The van der Waals surface area contributed by atoms with Gasteiger partial charge in [0.2, 0.25) is 0 Å². The number of rotatable bonds is 6. The fourth-order valence-electron chi connectivity index (χ4n) is 3.72. The van der Waals surface area contributed by atoms with E-state index in [4.69, 9.17) is 14.2 Å². The molecular weight excluding hydrogens is 603 g/mol. The molecule has 8 nitrogen and oxygen atoms in total. The van der Waals surface area contributed by atoms with Crippen LogP contribution in [0.5, 0.6) is 11.5 Å². The number of halogens is 1. The third-order valence-electron chi connectivity index (χ3n) is 5.13. The molecule has 1 aromatic carbocycles. The number of thiazole rings is 1. The normalized spacial score (nSPS) is 15.5. The highest BCUT2D eigenvalue weighted by Gasteiger charge is 2.33. The Hall–Kier alpha value is -2.77. The molecule has 0 amide bonds. The van der Waals surface area contributed by atoms with E-state index in [9.17, 15) is 14.4 Å². The van der Waals surface area contributed by atoms with E-state index in [0.717, 1.165) is 4.88 Å². The van der Waals surface area contributed by atoms with Crippen molar-refractivity contribution in [2.45, 2.75) is 26.8 Å². The van der Waals surface area contributed by atoms with Gasteiger partial charge in [0.15, 0.2) is 16.3 Å². The number of carbonyl (C=O) groups excluding carboxylic acids is 2. The van der Waals surface area contributed by atoms with Gasteiger partial charge in [-0.3, -0.25) is 14.2 Å². The van der Waals surface area contributed by atoms with Crippen LogP contribution in [-0.2, 0) is 14.3 Å². The van der Waals surface area contributed by atoms with Gasteiger partial charge < -0.3 is 14.2 Å². The molecule has 11 heteroatoms. The molecule has 0 aliphatic carbocycles. The Morgan fingerprint density at radius 3 is 2.71 bits per heavy atom. The van der Waals surface area contributed by atoms with Crippen LogP contribution in [-0.4, -0.2) is 30.2 Å². The third kappa shape index (κ3) is 4.98. The summed E-state index contributed by atoms with van der Waals surface area (Å²) in [5, 5.41) is 1.90. The van der Waals surface area contributed by atoms with Crippen molar-refractivity contribution >= 4 is 63.3 Å². The summed E-state index contributed by atoms with van der Waals surface area (Å²) >= 11 is 4.76. The zero-order valence-corrected chi connectivity index (χ0v) is 23.1. The van der Waals surface area contributed by atoms with Crippen molar-refractivity contribution in [3.63, 3.8) is 0 Å². The molecule has 0 N–H and O–H groups in total. The van der Waals surface area contributed by atoms with Crippen LogP contribution in [0.15, 0.2) is 50.7 Å². The highest BCUT2D eigenvalue weighted by Crippen LogP contribution is 2.35. The summed E-state index contributed by atoms with van der Waals surface area (Å²) in [5.74, 6) is -0.236. The van der Waals surface area contributed by atoms with E-state index < -0.39 is 18.0 Å². The molecule has 0 radical (unpaired) electrons. The zero-order chi connectivity index (χ0) is 25.3. The molecule has 0 saturated heterocycles. The zero-order valence-electron chi connectivity index (χ0n) is 19.3. The Bertz CT molecular complexity index is 1520. The van der Waals surface area contributed by atoms with Crippen LogP contribution in [0.4, 0.5) is 0 Å². The van der Waals surface area contributed by atoms with E-state index in [1.165, 1.54) is 36.7 Å². The van der Waals surface area contributed by atoms with Gasteiger partial charge in [-0.25, -0.2) is 9.79 Å². The molecule has 0 spiro atoms. The Balaban J connectivity index is 1.89. The summed E-state index contributed by atoms with van der Waals surface area (Å²) in [6.45, 7) is 5.04. The maximum absolute atomic E-state index is 13.6. The number of nitrogens with zero attached hydrogens (tertiary/aromatic N) is 2. The molecule has 1 aliphatic heterocycles. The Morgan fingerprint density at radius 2 is 2.09 bits per heavy atom. The largest absolute Gasteiger partial charge is 0.493 e. The summed E-state index contributed by atoms with van der Waals surface area (Å²) in [6, 6.07) is 6.66. The first kappa shape index (κ1) is 25.3. The molecule has 0 bridgehead atoms. The Kier molecular flexibility index (Phi) is 7.57. The Labute approximate surface area is 222 Å². The van der Waals surface area contributed by atoms with Crippen LogP contribution in [0.25, 0.3) is 6.08 Å². The second-order valence-corrected chi connectivity index (χ2v) is 10.6. The number of benzene rings is 1. The van der Waals surface area contributed by atoms with Crippen molar-refractivity contribution < 1.29 is 23.8 Å². The average Bonchev–Trinajstić information content (AvgIpc) is 3.43. The van der Waals surface area contributed by atoms with Gasteiger partial charge in [-0.2, -0.15) is 0 Å². The van der Waals surface area contributed by atoms with E-state index in [-0.39, 0.29) is 12.2 Å². The van der Waals surface area contributed by atoms with Gasteiger partial charge in [0.1, 0.15) is 6.04 Å². The van der Waals surface area contributed by atoms with E-state index in [1.54, 1.807) is 36.6 Å². The van der Waals surface area contributed by atoms with Crippen LogP contribution in [0, 0.1) is 3.57 Å². The number of esters is 2. The lowest BCUT2D eigenvalue weighted by Gasteiger charge is -2.23. The number of methoxy groups -OCH3 is 1. The molecule has 3 aromatic rings. The van der Waals surface area contributed by atoms with E-state index in [1.807, 2.05) is 17.5 Å². The lowest BCUT2D eigenvalue weighted by atomic mass is 10.0. The van der Waals surface area contributed by atoms with Crippen LogP contribution in [0.1, 0.15) is 37.3 Å². The number of thiophene rings is 1. The highest BCUT2D eigenvalue weighted by molar-refractivity contribution is 14.1. The fraction of sp³-hybridized carbons (Fsp3) is 0.250. The molecule has 1 atom stereocenters. The highest BCUT2D eigenvalue weighted by atomic mass is 127. The lowest BCUT2D eigenvalue weighted by Crippen LogP contribution is -2.39. The van der Waals surface area contributed by atoms with E-state index >= 15 is 0 Å². The van der Waals surface area contributed by atoms with Crippen molar-refractivity contribution in [3.8, 4) is 11.5 Å². The minimum atomic E-state index is -0.617. The van der Waals surface area contributed by atoms with Gasteiger partial charge in [-0.15, -0.1) is 11.3 Å². The van der Waals surface area contributed by atoms with Crippen molar-refractivity contribution in [2.75, 3.05) is 13.7 Å². The van der Waals surface area contributed by atoms with Gasteiger partial charge in [0.05, 0.1) is 33.1 Å². The number of fused-ring (bicyclic) bond motifs is 1. The SMILES string of the molecule is CCOC(=O)C1=C(C)N=c2s/c(=C\c3cc(I)c(OC(C)=O)c(OC)c3)c(=O)n2[C@H]1c1cccs1. The first-order valence-corrected chi connectivity index (χ1v) is 13.3. The predicted molar refractivity (Wildman–Crippen MR) is 142 cm³/mol. The van der Waals surface area contributed by atoms with Gasteiger partial charge >= 0.3 is 11.9 Å². The molecule has 35 heavy (non-hydrogen) atoms. The quantitative estimate of drug-likeness (QED) is 0.237. The van der Waals surface area contributed by atoms with Gasteiger partial charge in [0.25, 0.3) is 5.56 Å². The molecule has 0 saturated carbocycles. The minimum Gasteiger partial charge on any atom is -0.493 e. The summed E-state index contributed by atoms with van der Waals surface area (Å²) in [6.07, 6.45) is 1.74. The van der Waals surface area contributed by atoms with E-state index in [2.05, 4.69) is 27.6 Å². The first-order valence-electron chi connectivity index (χ1n) is 10.5. The summed E-state index contributed by atoms with van der Waals surface area (Å²) < 4.78 is 18.6. The summed E-state index contributed by atoms with van der Waals surface area (Å²) in [4.78, 5) is 43.8. The molecular formula is C24H21IN2O6S2. The maximum atomic E-state index is 13.6. The second-order valence-electron chi connectivity index (χ2n) is 7.45. The van der Waals surface area contributed by atoms with Crippen molar-refractivity contribution in [1.82, 2.24) is 4.57 Å². The smallest absolute Gasteiger partial charge is 0.338 e. The molecule has 0 fully saturated rings. The molecule has 182 valence electrons. The van der Waals surface area contributed by atoms with Crippen LogP contribution >= 0.6 is 45.3 Å². The van der Waals surface area contributed by atoms with Crippen molar-refractivity contribution in [3.05, 3.63) is 74.6 Å². The number of hydrogen-bond acceptors (Lipinski definition) is 9. The van der Waals surface area contributed by atoms with Crippen LogP contribution in [0.2, 0.25) is 0 Å². The molecule has 4 rings (SSSR count). The maximum Gasteiger partial charge on any atom is 0.338 e. The number of allylic oxidation sites excluding steroid dienone is 1. The number of hydrogen-bond donors (Lipinski definition) is 0. The molecule has 3 heterocycles. The summed E-state index contributed by atoms with van der Waals surface area (Å²) in [5.41, 5.74) is 1.31. The fourth-order valence-corrected chi connectivity index (χ4v) is 6.33. The molecule has 1 aliphatic rings. The summed E-state index contributed by atoms with van der Waals surface area (Å²) in [7, 11) is 1.48. The van der Waals surface area contributed by atoms with Gasteiger partial charge in [0, 0.05) is 11.8 Å². The predicted octanol–water partition coefficient (Wildman–Crippen LogP) is 3.40. The molecule has 2 aromatic heterocycles. The lowest BCUT2D eigenvalue weighted by molar-refractivity contribution is -0.139. The van der Waals surface area contributed by atoms with Crippen LogP contribution < -0.4 is 24.4 Å². The van der Waals surface area contributed by atoms with Gasteiger partial charge in [-0.05, 0) is 71.7 Å². The van der Waals surface area contributed by atoms with Gasteiger partial charge in [-0.1, -0.05) is 17.4 Å². The van der Waals surface area contributed by atoms with Crippen molar-refractivity contribution in [2.24, 2.45) is 4.99 Å². The minimum absolute atomic E-state index is 0.223. The second kappa shape index (κ2) is 10.5. The molecule has 0 unspecified atom stereocenters. The van der Waals surface area contributed by atoms with Crippen molar-refractivity contribution in [1.29, 1.82) is 0 Å².